The molecule has 1 aromatic carbocycles. The first kappa shape index (κ1) is 11.1. The Labute approximate surface area is 99.7 Å². The van der Waals surface area contributed by atoms with Gasteiger partial charge in [0.25, 0.3) is 5.91 Å². The van der Waals surface area contributed by atoms with Crippen molar-refractivity contribution in [1.29, 1.82) is 0 Å². The van der Waals surface area contributed by atoms with Crippen LogP contribution in [-0.2, 0) is 0 Å². The van der Waals surface area contributed by atoms with Crippen LogP contribution in [0.3, 0.4) is 0 Å². The lowest BCUT2D eigenvalue weighted by Gasteiger charge is -2.10. The molecule has 0 bridgehead atoms. The number of nitrogens with one attached hydrogen (secondary N) is 2. The van der Waals surface area contributed by atoms with Gasteiger partial charge in [-0.15, -0.1) is 0 Å². The molecule has 0 aliphatic rings. The summed E-state index contributed by atoms with van der Waals surface area (Å²) in [4.78, 5) is 15.6. The third-order valence-electron chi connectivity index (χ3n) is 2.35. The minimum absolute atomic E-state index is 0.156. The number of hydrogen-bond donors (Lipinski definition) is 2. The van der Waals surface area contributed by atoms with Gasteiger partial charge in [-0.1, -0.05) is 18.2 Å². The number of nitrogens with zero attached hydrogens (tertiary/aromatic N) is 1. The first-order valence-electron chi connectivity index (χ1n) is 5.29. The van der Waals surface area contributed by atoms with Crippen LogP contribution in [0.4, 0.5) is 11.4 Å². The Morgan fingerprint density at radius 3 is 2.65 bits per heavy atom. The third-order valence-corrected chi connectivity index (χ3v) is 2.35. The number of carbonyl (C=O) groups is 1. The summed E-state index contributed by atoms with van der Waals surface area (Å²) in [6, 6.07) is 11.5. The van der Waals surface area contributed by atoms with Gasteiger partial charge in [0.2, 0.25) is 0 Å². The van der Waals surface area contributed by atoms with E-state index in [-0.39, 0.29) is 5.91 Å². The Morgan fingerprint density at radius 1 is 1.18 bits per heavy atom. The molecule has 1 amide bonds. The molecule has 0 saturated heterocycles. The second-order valence-electron chi connectivity index (χ2n) is 3.49. The minimum atomic E-state index is -0.156. The van der Waals surface area contributed by atoms with Crippen molar-refractivity contribution in [1.82, 2.24) is 10.3 Å². The van der Waals surface area contributed by atoms with Crippen LogP contribution in [0.25, 0.3) is 0 Å². The lowest BCUT2D eigenvalue weighted by molar-refractivity contribution is 0.0963. The van der Waals surface area contributed by atoms with Crippen molar-refractivity contribution >= 4 is 17.3 Å². The third kappa shape index (κ3) is 2.60. The van der Waals surface area contributed by atoms with Crippen molar-refractivity contribution in [2.75, 3.05) is 12.4 Å². The van der Waals surface area contributed by atoms with E-state index in [0.29, 0.717) is 5.56 Å². The number of anilines is 2. The lowest BCUT2D eigenvalue weighted by Crippen LogP contribution is -2.19. The number of carbonyl (C=O) groups excluding carboxylic acids is 1. The van der Waals surface area contributed by atoms with Crippen molar-refractivity contribution in [2.24, 2.45) is 0 Å². The molecule has 0 atom stereocenters. The fraction of sp³-hybridized carbons (Fsp3) is 0.0769. The first-order valence-corrected chi connectivity index (χ1v) is 5.29. The average molecular weight is 227 g/mol. The summed E-state index contributed by atoms with van der Waals surface area (Å²) < 4.78 is 0. The van der Waals surface area contributed by atoms with Crippen LogP contribution < -0.4 is 10.6 Å². The molecule has 1 aromatic heterocycles. The Balaban J connectivity index is 2.30. The predicted molar refractivity (Wildman–Crippen MR) is 67.4 cm³/mol. The molecular weight excluding hydrogens is 214 g/mol. The first-order chi connectivity index (χ1) is 8.31. The van der Waals surface area contributed by atoms with Crippen molar-refractivity contribution < 1.29 is 4.79 Å². The number of benzene rings is 1. The summed E-state index contributed by atoms with van der Waals surface area (Å²) in [5.74, 6) is -0.156. The highest BCUT2D eigenvalue weighted by Crippen LogP contribution is 2.19. The zero-order valence-corrected chi connectivity index (χ0v) is 9.47. The van der Waals surface area contributed by atoms with Gasteiger partial charge in [-0.2, -0.15) is 0 Å². The molecule has 4 nitrogen and oxygen atoms in total. The molecular formula is C13H13N3O. The quantitative estimate of drug-likeness (QED) is 0.845. The van der Waals surface area contributed by atoms with Gasteiger partial charge < -0.3 is 10.6 Å². The van der Waals surface area contributed by atoms with Crippen molar-refractivity contribution in [3.8, 4) is 0 Å². The van der Waals surface area contributed by atoms with Crippen molar-refractivity contribution in [3.63, 3.8) is 0 Å². The van der Waals surface area contributed by atoms with Crippen LogP contribution in [0.2, 0.25) is 0 Å². The second-order valence-corrected chi connectivity index (χ2v) is 3.49. The van der Waals surface area contributed by atoms with E-state index in [1.54, 1.807) is 25.5 Å². The van der Waals surface area contributed by atoms with E-state index in [0.717, 1.165) is 11.4 Å². The second kappa shape index (κ2) is 5.12. The maximum Gasteiger partial charge on any atom is 0.254 e. The molecule has 17 heavy (non-hydrogen) atoms. The zero-order valence-electron chi connectivity index (χ0n) is 9.47. The Kier molecular flexibility index (Phi) is 3.35. The zero-order chi connectivity index (χ0) is 12.1. The topological polar surface area (TPSA) is 54.0 Å². The molecule has 2 rings (SSSR count). The number of amides is 1. The smallest absolute Gasteiger partial charge is 0.254 e. The van der Waals surface area contributed by atoms with Gasteiger partial charge in [0, 0.05) is 25.1 Å². The SMILES string of the molecule is CNC(=O)c1cnccc1Nc1ccccc1. The van der Waals surface area contributed by atoms with Gasteiger partial charge in [-0.3, -0.25) is 9.78 Å². The van der Waals surface area contributed by atoms with E-state index in [1.165, 1.54) is 0 Å². The molecule has 0 saturated carbocycles. The molecule has 0 aliphatic carbocycles. The van der Waals surface area contributed by atoms with E-state index >= 15 is 0 Å². The largest absolute Gasteiger partial charge is 0.355 e. The number of rotatable bonds is 3. The molecule has 2 N–H and O–H groups in total. The van der Waals surface area contributed by atoms with Gasteiger partial charge in [-0.25, -0.2) is 0 Å². The molecule has 0 radical (unpaired) electrons. The van der Waals surface area contributed by atoms with E-state index in [4.69, 9.17) is 0 Å². The summed E-state index contributed by atoms with van der Waals surface area (Å²) in [6.07, 6.45) is 3.20. The molecule has 86 valence electrons. The highest BCUT2D eigenvalue weighted by molar-refractivity contribution is 5.99. The minimum Gasteiger partial charge on any atom is -0.355 e. The number of aromatic nitrogens is 1. The van der Waals surface area contributed by atoms with E-state index in [2.05, 4.69) is 15.6 Å². The summed E-state index contributed by atoms with van der Waals surface area (Å²) in [5, 5.41) is 5.78. The highest BCUT2D eigenvalue weighted by atomic mass is 16.1. The lowest BCUT2D eigenvalue weighted by atomic mass is 10.2. The van der Waals surface area contributed by atoms with Crippen LogP contribution in [-0.4, -0.2) is 17.9 Å². The molecule has 0 aliphatic heterocycles. The average Bonchev–Trinajstić information content (AvgIpc) is 2.40. The fourth-order valence-corrected chi connectivity index (χ4v) is 1.50. The van der Waals surface area contributed by atoms with Crippen LogP contribution in [0.1, 0.15) is 10.4 Å². The standard InChI is InChI=1S/C13H13N3O/c1-14-13(17)11-9-15-8-7-12(11)16-10-5-3-2-4-6-10/h2-9H,1H3,(H,14,17)(H,15,16). The molecule has 4 heteroatoms. The highest BCUT2D eigenvalue weighted by Gasteiger charge is 2.09. The van der Waals surface area contributed by atoms with Gasteiger partial charge in [0.05, 0.1) is 11.3 Å². The molecule has 2 aromatic rings. The van der Waals surface area contributed by atoms with Crippen LogP contribution in [0.5, 0.6) is 0 Å². The Bertz CT molecular complexity index is 511. The van der Waals surface area contributed by atoms with Crippen LogP contribution >= 0.6 is 0 Å². The van der Waals surface area contributed by atoms with Crippen LogP contribution in [0.15, 0.2) is 48.8 Å². The van der Waals surface area contributed by atoms with Gasteiger partial charge in [-0.05, 0) is 18.2 Å². The van der Waals surface area contributed by atoms with Gasteiger partial charge in [0.1, 0.15) is 0 Å². The summed E-state index contributed by atoms with van der Waals surface area (Å²) in [7, 11) is 1.60. The number of hydrogen-bond acceptors (Lipinski definition) is 3. The Morgan fingerprint density at radius 2 is 1.94 bits per heavy atom. The molecule has 0 fully saturated rings. The van der Waals surface area contributed by atoms with Crippen LogP contribution in [0, 0.1) is 0 Å². The maximum absolute atomic E-state index is 11.6. The molecule has 0 unspecified atom stereocenters. The number of pyridine rings is 1. The van der Waals surface area contributed by atoms with Crippen molar-refractivity contribution in [2.45, 2.75) is 0 Å². The van der Waals surface area contributed by atoms with E-state index in [9.17, 15) is 4.79 Å². The van der Waals surface area contributed by atoms with Gasteiger partial charge in [0.15, 0.2) is 0 Å². The fourth-order valence-electron chi connectivity index (χ4n) is 1.50. The van der Waals surface area contributed by atoms with Crippen molar-refractivity contribution in [3.05, 3.63) is 54.4 Å². The normalized spacial score (nSPS) is 9.71. The predicted octanol–water partition coefficient (Wildman–Crippen LogP) is 2.18. The number of para-hydroxylation sites is 1. The van der Waals surface area contributed by atoms with E-state index < -0.39 is 0 Å². The molecule has 0 spiro atoms. The maximum atomic E-state index is 11.6. The van der Waals surface area contributed by atoms with Gasteiger partial charge >= 0.3 is 0 Å². The van der Waals surface area contributed by atoms with E-state index in [1.807, 2.05) is 30.3 Å². The summed E-state index contributed by atoms with van der Waals surface area (Å²) in [6.45, 7) is 0. The summed E-state index contributed by atoms with van der Waals surface area (Å²) in [5.41, 5.74) is 2.20. The molecule has 1 heterocycles. The monoisotopic (exact) mass is 227 g/mol. The summed E-state index contributed by atoms with van der Waals surface area (Å²) >= 11 is 0. The Hall–Kier alpha value is -2.36.